The van der Waals surface area contributed by atoms with Crippen LogP contribution in [0.4, 0.5) is 10.5 Å². The van der Waals surface area contributed by atoms with Gasteiger partial charge in [0.1, 0.15) is 0 Å². The molecule has 0 saturated heterocycles. The van der Waals surface area contributed by atoms with E-state index in [1.165, 1.54) is 4.90 Å². The van der Waals surface area contributed by atoms with Crippen LogP contribution in [0.15, 0.2) is 18.2 Å². The normalized spacial score (nSPS) is 9.40. The van der Waals surface area contributed by atoms with Crippen LogP contribution in [0.3, 0.4) is 0 Å². The molecule has 5 heteroatoms. The van der Waals surface area contributed by atoms with Crippen molar-refractivity contribution in [3.05, 3.63) is 29.3 Å². The van der Waals surface area contributed by atoms with Gasteiger partial charge < -0.3 is 5.73 Å². The van der Waals surface area contributed by atoms with Crippen LogP contribution in [0.5, 0.6) is 0 Å². The lowest BCUT2D eigenvalue weighted by atomic mass is 10.1. The maximum absolute atomic E-state index is 12.5. The molecule has 0 heterocycles. The molecule has 1 aromatic carbocycles. The Labute approximate surface area is 119 Å². The van der Waals surface area contributed by atoms with E-state index in [0.717, 1.165) is 21.7 Å². The molecule has 0 aliphatic carbocycles. The maximum Gasteiger partial charge on any atom is 0.331 e. The summed E-state index contributed by atoms with van der Waals surface area (Å²) in [5.41, 5.74) is 8.27. The lowest BCUT2D eigenvalue weighted by Crippen LogP contribution is -2.48. The number of nitrogens with two attached hydrogens (primary N) is 1. The molecule has 1 rings (SSSR count). The minimum absolute atomic E-state index is 0.111. The van der Waals surface area contributed by atoms with E-state index in [1.54, 1.807) is 14.0 Å². The number of anilines is 1. The average molecular weight is 272 g/mol. The Bertz CT molecular complexity index is 563. The Morgan fingerprint density at radius 3 is 2.35 bits per heavy atom. The smallest absolute Gasteiger partial charge is 0.331 e. The number of carbonyl (C=O) groups is 1. The van der Waals surface area contributed by atoms with Crippen molar-refractivity contribution >= 4 is 17.7 Å². The van der Waals surface area contributed by atoms with Crippen molar-refractivity contribution in [2.24, 2.45) is 5.73 Å². The first-order chi connectivity index (χ1) is 9.40. The van der Waals surface area contributed by atoms with Crippen LogP contribution in [-0.4, -0.2) is 30.5 Å². The summed E-state index contributed by atoms with van der Waals surface area (Å²) in [4.78, 5) is 15.1. The fourth-order valence-corrected chi connectivity index (χ4v) is 2.03. The number of rotatable bonds is 2. The summed E-state index contributed by atoms with van der Waals surface area (Å²) in [6, 6.07) is 5.46. The monoisotopic (exact) mass is 272 g/mol. The van der Waals surface area contributed by atoms with Crippen LogP contribution in [-0.2, 0) is 0 Å². The number of aryl methyl sites for hydroxylation is 2. The van der Waals surface area contributed by atoms with Crippen LogP contribution in [0.25, 0.3) is 0 Å². The quantitative estimate of drug-likeness (QED) is 0.491. The molecular weight excluding hydrogens is 252 g/mol. The molecule has 0 radical (unpaired) electrons. The Hall–Kier alpha value is -2.48. The SMILES string of the molecule is CC#CCN(C(=N)N)C(=O)N(C)c1c(C)cccc1C. The first-order valence-corrected chi connectivity index (χ1v) is 6.25. The zero-order valence-corrected chi connectivity index (χ0v) is 12.3. The van der Waals surface area contributed by atoms with Crippen LogP contribution in [0, 0.1) is 31.1 Å². The number of nitrogens with one attached hydrogen (secondary N) is 1. The number of benzene rings is 1. The van der Waals surface area contributed by atoms with Crippen LogP contribution in [0.2, 0.25) is 0 Å². The van der Waals surface area contributed by atoms with Gasteiger partial charge in [-0.15, -0.1) is 5.92 Å². The van der Waals surface area contributed by atoms with Crippen molar-refractivity contribution in [2.75, 3.05) is 18.5 Å². The zero-order chi connectivity index (χ0) is 15.3. The molecule has 0 fully saturated rings. The topological polar surface area (TPSA) is 73.4 Å². The lowest BCUT2D eigenvalue weighted by Gasteiger charge is -2.27. The highest BCUT2D eigenvalue weighted by Crippen LogP contribution is 2.24. The van der Waals surface area contributed by atoms with E-state index in [0.29, 0.717) is 0 Å². The molecule has 1 aromatic rings. The second-order valence-corrected chi connectivity index (χ2v) is 4.48. The van der Waals surface area contributed by atoms with Crippen LogP contribution >= 0.6 is 0 Å². The average Bonchev–Trinajstić information content (AvgIpc) is 2.38. The van der Waals surface area contributed by atoms with Gasteiger partial charge in [-0.05, 0) is 31.9 Å². The van der Waals surface area contributed by atoms with Crippen molar-refractivity contribution in [1.29, 1.82) is 5.41 Å². The largest absolute Gasteiger partial charge is 0.370 e. The van der Waals surface area contributed by atoms with Gasteiger partial charge in [0.15, 0.2) is 5.96 Å². The first-order valence-electron chi connectivity index (χ1n) is 6.25. The van der Waals surface area contributed by atoms with Gasteiger partial charge in [-0.25, -0.2) is 4.79 Å². The highest BCUT2D eigenvalue weighted by atomic mass is 16.2. The Morgan fingerprint density at radius 2 is 1.90 bits per heavy atom. The number of amides is 2. The fraction of sp³-hybridized carbons (Fsp3) is 0.333. The first kappa shape index (κ1) is 15.6. The molecule has 20 heavy (non-hydrogen) atoms. The van der Waals surface area contributed by atoms with Crippen molar-refractivity contribution in [3.63, 3.8) is 0 Å². The van der Waals surface area contributed by atoms with Gasteiger partial charge in [0.2, 0.25) is 0 Å². The summed E-state index contributed by atoms with van der Waals surface area (Å²) in [6.07, 6.45) is 0. The van der Waals surface area contributed by atoms with Gasteiger partial charge in [-0.3, -0.25) is 15.2 Å². The predicted molar refractivity (Wildman–Crippen MR) is 81.8 cm³/mol. The van der Waals surface area contributed by atoms with E-state index in [2.05, 4.69) is 11.8 Å². The van der Waals surface area contributed by atoms with E-state index in [9.17, 15) is 4.79 Å². The van der Waals surface area contributed by atoms with Gasteiger partial charge >= 0.3 is 6.03 Å². The van der Waals surface area contributed by atoms with Crippen LogP contribution < -0.4 is 10.6 Å². The standard InChI is InChI=1S/C15H20N4O/c1-5-6-10-19(14(16)17)15(20)18(4)13-11(2)8-7-9-12(13)3/h7-9H,10H2,1-4H3,(H3,16,17). The molecule has 2 amide bonds. The molecule has 0 atom stereocenters. The summed E-state index contributed by atoms with van der Waals surface area (Å²) in [5.74, 6) is 5.14. The van der Waals surface area contributed by atoms with Crippen molar-refractivity contribution in [2.45, 2.75) is 20.8 Å². The Kier molecular flexibility index (Phi) is 5.15. The highest BCUT2D eigenvalue weighted by molar-refractivity contribution is 6.03. The summed E-state index contributed by atoms with van der Waals surface area (Å²) < 4.78 is 0. The molecule has 0 aliphatic heterocycles. The number of hydrogen-bond donors (Lipinski definition) is 2. The van der Waals surface area contributed by atoms with Crippen LogP contribution in [0.1, 0.15) is 18.1 Å². The molecule has 5 nitrogen and oxygen atoms in total. The third-order valence-electron chi connectivity index (χ3n) is 3.00. The Morgan fingerprint density at radius 1 is 1.35 bits per heavy atom. The van der Waals surface area contributed by atoms with Gasteiger partial charge in [0.05, 0.1) is 12.2 Å². The summed E-state index contributed by atoms with van der Waals surface area (Å²) in [7, 11) is 1.67. The second kappa shape index (κ2) is 6.62. The third-order valence-corrected chi connectivity index (χ3v) is 3.00. The van der Waals surface area contributed by atoms with Gasteiger partial charge in [-0.1, -0.05) is 24.1 Å². The molecular formula is C15H20N4O. The molecule has 106 valence electrons. The van der Waals surface area contributed by atoms with E-state index in [1.807, 2.05) is 32.0 Å². The molecule has 0 spiro atoms. The minimum Gasteiger partial charge on any atom is -0.370 e. The summed E-state index contributed by atoms with van der Waals surface area (Å²) >= 11 is 0. The predicted octanol–water partition coefficient (Wildman–Crippen LogP) is 2.08. The molecule has 0 aromatic heterocycles. The zero-order valence-electron chi connectivity index (χ0n) is 12.3. The minimum atomic E-state index is -0.363. The van der Waals surface area contributed by atoms with Gasteiger partial charge in [0, 0.05) is 7.05 Å². The number of hydrogen-bond acceptors (Lipinski definition) is 2. The van der Waals surface area contributed by atoms with Gasteiger partial charge in [-0.2, -0.15) is 0 Å². The molecule has 0 aliphatic rings. The van der Waals surface area contributed by atoms with Gasteiger partial charge in [0.25, 0.3) is 0 Å². The molecule has 0 bridgehead atoms. The maximum atomic E-state index is 12.5. The summed E-state index contributed by atoms with van der Waals surface area (Å²) in [6.45, 7) is 5.67. The second-order valence-electron chi connectivity index (χ2n) is 4.48. The third kappa shape index (κ3) is 3.29. The van der Waals surface area contributed by atoms with Crippen molar-refractivity contribution in [3.8, 4) is 11.8 Å². The lowest BCUT2D eigenvalue weighted by molar-refractivity contribution is 0.231. The number of nitrogens with zero attached hydrogens (tertiary/aromatic N) is 2. The fourth-order valence-electron chi connectivity index (χ4n) is 2.03. The van der Waals surface area contributed by atoms with E-state index in [4.69, 9.17) is 11.1 Å². The molecule has 0 unspecified atom stereocenters. The molecule has 0 saturated carbocycles. The summed E-state index contributed by atoms with van der Waals surface area (Å²) in [5, 5.41) is 7.51. The van der Waals surface area contributed by atoms with E-state index >= 15 is 0 Å². The van der Waals surface area contributed by atoms with Crippen molar-refractivity contribution < 1.29 is 4.79 Å². The number of para-hydroxylation sites is 1. The number of guanidine groups is 1. The molecule has 3 N–H and O–H groups in total. The highest BCUT2D eigenvalue weighted by Gasteiger charge is 2.22. The van der Waals surface area contributed by atoms with E-state index < -0.39 is 0 Å². The number of urea groups is 1. The van der Waals surface area contributed by atoms with E-state index in [-0.39, 0.29) is 18.5 Å². The van der Waals surface area contributed by atoms with Crippen molar-refractivity contribution in [1.82, 2.24) is 4.90 Å². The Balaban J connectivity index is 3.10. The number of carbonyl (C=O) groups excluding carboxylic acids is 1.